The zero-order valence-corrected chi connectivity index (χ0v) is 21.8. The van der Waals surface area contributed by atoms with Gasteiger partial charge in [-0.25, -0.2) is 18.4 Å². The maximum Gasteiger partial charge on any atom is 0.257 e. The van der Waals surface area contributed by atoms with Gasteiger partial charge < -0.3 is 10.6 Å². The molecule has 4 aromatic rings. The normalized spacial score (nSPS) is 12.3. The topological polar surface area (TPSA) is 128 Å². The fourth-order valence-electron chi connectivity index (χ4n) is 4.10. The number of halogens is 3. The predicted octanol–water partition coefficient (Wildman–Crippen LogP) is 5.34. The van der Waals surface area contributed by atoms with E-state index >= 15 is 0 Å². The molecule has 0 spiro atoms. The third-order valence-corrected chi connectivity index (χ3v) is 5.90. The second kappa shape index (κ2) is 11.0. The minimum atomic E-state index is -2.63. The van der Waals surface area contributed by atoms with Gasteiger partial charge in [-0.15, -0.1) is 5.10 Å². The van der Waals surface area contributed by atoms with Crippen LogP contribution in [0.3, 0.4) is 0 Å². The molecular formula is C27H26F3N9. The summed E-state index contributed by atoms with van der Waals surface area (Å²) in [5.74, 6) is -0.668. The molecule has 200 valence electrons. The van der Waals surface area contributed by atoms with Crippen LogP contribution in [0, 0.1) is 40.9 Å². The van der Waals surface area contributed by atoms with Gasteiger partial charge in [-0.2, -0.15) is 14.9 Å². The van der Waals surface area contributed by atoms with E-state index in [0.29, 0.717) is 51.3 Å². The smallest absolute Gasteiger partial charge is 0.257 e. The Balaban J connectivity index is 1.86. The number of nitrogens with zero attached hydrogens (tertiary/aromatic N) is 7. The molecule has 1 atom stereocenters. The molecule has 0 saturated carbocycles. The SMILES string of the molecule is Cc1nc(F)ccc1[C@H](Nc1cc(C#N)c2ncc(C#N)c(NCC(C)(C)C)c2c1)c1cn(CC(F)F)nn1. The molecule has 4 rings (SSSR count). The first-order valence-corrected chi connectivity index (χ1v) is 12.1. The van der Waals surface area contributed by atoms with Crippen LogP contribution in [0.15, 0.2) is 36.7 Å². The van der Waals surface area contributed by atoms with Crippen LogP contribution in [0.4, 0.5) is 24.5 Å². The lowest BCUT2D eigenvalue weighted by molar-refractivity contribution is 0.121. The van der Waals surface area contributed by atoms with Crippen molar-refractivity contribution in [3.8, 4) is 12.1 Å². The van der Waals surface area contributed by atoms with Crippen molar-refractivity contribution < 1.29 is 13.2 Å². The Labute approximate surface area is 223 Å². The summed E-state index contributed by atoms with van der Waals surface area (Å²) in [4.78, 5) is 8.25. The Kier molecular flexibility index (Phi) is 7.68. The molecule has 39 heavy (non-hydrogen) atoms. The van der Waals surface area contributed by atoms with Crippen molar-refractivity contribution in [3.05, 3.63) is 70.7 Å². The number of rotatable bonds is 8. The average molecular weight is 534 g/mol. The van der Waals surface area contributed by atoms with E-state index in [4.69, 9.17) is 0 Å². The largest absolute Gasteiger partial charge is 0.383 e. The maximum atomic E-state index is 13.8. The van der Waals surface area contributed by atoms with Crippen LogP contribution in [0.2, 0.25) is 0 Å². The van der Waals surface area contributed by atoms with Gasteiger partial charge in [-0.3, -0.25) is 4.98 Å². The molecule has 0 aliphatic heterocycles. The average Bonchev–Trinajstić information content (AvgIpc) is 3.32. The fraction of sp³-hybridized carbons (Fsp3) is 0.333. The third-order valence-electron chi connectivity index (χ3n) is 5.90. The summed E-state index contributed by atoms with van der Waals surface area (Å²) < 4.78 is 40.7. The van der Waals surface area contributed by atoms with E-state index < -0.39 is 25.0 Å². The monoisotopic (exact) mass is 533 g/mol. The van der Waals surface area contributed by atoms with Gasteiger partial charge >= 0.3 is 0 Å². The summed E-state index contributed by atoms with van der Waals surface area (Å²) in [6.07, 6.45) is 0.184. The van der Waals surface area contributed by atoms with E-state index in [1.807, 2.05) is 20.8 Å². The van der Waals surface area contributed by atoms with Crippen molar-refractivity contribution >= 4 is 22.3 Å². The lowest BCUT2D eigenvalue weighted by atomic mass is 9.96. The molecule has 0 unspecified atom stereocenters. The molecule has 3 heterocycles. The lowest BCUT2D eigenvalue weighted by Gasteiger charge is -2.22. The molecule has 9 nitrogen and oxygen atoms in total. The van der Waals surface area contributed by atoms with Gasteiger partial charge in [0.05, 0.1) is 34.6 Å². The number of hydrogen-bond acceptors (Lipinski definition) is 8. The van der Waals surface area contributed by atoms with E-state index in [2.05, 4.69) is 43.1 Å². The van der Waals surface area contributed by atoms with Crippen LogP contribution in [0.5, 0.6) is 0 Å². The van der Waals surface area contributed by atoms with Gasteiger partial charge in [0.2, 0.25) is 5.95 Å². The van der Waals surface area contributed by atoms with Gasteiger partial charge in [-0.05, 0) is 30.5 Å². The number of pyridine rings is 2. The Morgan fingerprint density at radius 1 is 1.10 bits per heavy atom. The van der Waals surface area contributed by atoms with E-state index in [-0.39, 0.29) is 11.0 Å². The van der Waals surface area contributed by atoms with Gasteiger partial charge in [0.25, 0.3) is 6.43 Å². The molecule has 0 aliphatic rings. The maximum absolute atomic E-state index is 13.8. The highest BCUT2D eigenvalue weighted by Crippen LogP contribution is 2.34. The van der Waals surface area contributed by atoms with Crippen LogP contribution in [0.1, 0.15) is 54.9 Å². The summed E-state index contributed by atoms with van der Waals surface area (Å²) in [6.45, 7) is 7.68. The number of hydrogen-bond donors (Lipinski definition) is 2. The van der Waals surface area contributed by atoms with E-state index in [9.17, 15) is 23.7 Å². The summed E-state index contributed by atoms with van der Waals surface area (Å²) in [6, 6.07) is 9.60. The predicted molar refractivity (Wildman–Crippen MR) is 140 cm³/mol. The highest BCUT2D eigenvalue weighted by molar-refractivity contribution is 5.99. The molecule has 0 aliphatic carbocycles. The molecule has 1 aromatic carbocycles. The van der Waals surface area contributed by atoms with Crippen molar-refractivity contribution in [2.75, 3.05) is 17.2 Å². The second-order valence-electron chi connectivity index (χ2n) is 10.2. The van der Waals surface area contributed by atoms with Gasteiger partial charge in [0, 0.05) is 35.1 Å². The van der Waals surface area contributed by atoms with Crippen molar-refractivity contribution in [2.45, 2.75) is 46.7 Å². The number of anilines is 2. The first-order valence-electron chi connectivity index (χ1n) is 12.1. The number of aromatic nitrogens is 5. The molecular weight excluding hydrogens is 507 g/mol. The molecule has 12 heteroatoms. The minimum absolute atomic E-state index is 0.0987. The first kappa shape index (κ1) is 27.3. The highest BCUT2D eigenvalue weighted by Gasteiger charge is 2.23. The second-order valence-corrected chi connectivity index (χ2v) is 10.2. The molecule has 0 saturated heterocycles. The van der Waals surface area contributed by atoms with Crippen molar-refractivity contribution in [3.63, 3.8) is 0 Å². The van der Waals surface area contributed by atoms with Crippen LogP contribution >= 0.6 is 0 Å². The molecule has 0 bridgehead atoms. The lowest BCUT2D eigenvalue weighted by Crippen LogP contribution is -2.20. The molecule has 0 amide bonds. The summed E-state index contributed by atoms with van der Waals surface area (Å²) in [5, 5.41) is 34.7. The Bertz CT molecular complexity index is 1590. The minimum Gasteiger partial charge on any atom is -0.383 e. The number of nitrogens with one attached hydrogen (secondary N) is 2. The zero-order chi connectivity index (χ0) is 28.3. The Morgan fingerprint density at radius 2 is 1.85 bits per heavy atom. The van der Waals surface area contributed by atoms with Crippen molar-refractivity contribution in [1.82, 2.24) is 25.0 Å². The highest BCUT2D eigenvalue weighted by atomic mass is 19.3. The standard InChI is InChI=1S/C27H26F3N9/c1-15-19(5-6-23(30)35-15)26(21-12-39(38-37-21)13-22(28)29)36-18-7-16(9-31)24-20(8-18)25(17(10-32)11-33-24)34-14-27(2,3)4/h5-8,11-12,22,26,36H,13-14H2,1-4H3,(H,33,34)/t26-/m0/s1. The number of nitriles is 2. The summed E-state index contributed by atoms with van der Waals surface area (Å²) >= 11 is 0. The van der Waals surface area contributed by atoms with Crippen molar-refractivity contribution in [2.24, 2.45) is 5.41 Å². The Hall–Kier alpha value is -4.71. The van der Waals surface area contributed by atoms with Gasteiger partial charge in [-0.1, -0.05) is 32.1 Å². The third kappa shape index (κ3) is 6.24. The van der Waals surface area contributed by atoms with Crippen molar-refractivity contribution in [1.29, 1.82) is 10.5 Å². The molecule has 2 N–H and O–H groups in total. The first-order chi connectivity index (χ1) is 18.5. The molecule has 0 fully saturated rings. The van der Waals surface area contributed by atoms with Crippen LogP contribution < -0.4 is 10.6 Å². The molecule has 0 radical (unpaired) electrons. The van der Waals surface area contributed by atoms with Gasteiger partial charge in [0.1, 0.15) is 24.4 Å². The zero-order valence-electron chi connectivity index (χ0n) is 21.8. The number of alkyl halides is 2. The van der Waals surface area contributed by atoms with E-state index in [0.717, 1.165) is 4.68 Å². The number of fused-ring (bicyclic) bond motifs is 1. The number of benzene rings is 1. The van der Waals surface area contributed by atoms with Gasteiger partial charge in [0.15, 0.2) is 0 Å². The van der Waals surface area contributed by atoms with E-state index in [1.165, 1.54) is 24.5 Å². The van der Waals surface area contributed by atoms with Crippen LogP contribution in [-0.4, -0.2) is 37.9 Å². The number of aryl methyl sites for hydroxylation is 1. The Morgan fingerprint density at radius 3 is 2.49 bits per heavy atom. The fourth-order valence-corrected chi connectivity index (χ4v) is 4.10. The quantitative estimate of drug-likeness (QED) is 0.291. The van der Waals surface area contributed by atoms with Crippen LogP contribution in [-0.2, 0) is 6.54 Å². The van der Waals surface area contributed by atoms with E-state index in [1.54, 1.807) is 19.1 Å². The van der Waals surface area contributed by atoms with Crippen LogP contribution in [0.25, 0.3) is 10.9 Å². The molecule has 3 aromatic heterocycles. The summed E-state index contributed by atoms with van der Waals surface area (Å²) in [5.41, 5.74) is 3.08. The summed E-state index contributed by atoms with van der Waals surface area (Å²) in [7, 11) is 0.